The number of fused-ring (bicyclic) bond motifs is 1. The normalized spacial score (nSPS) is 44.5. The second-order valence-corrected chi connectivity index (χ2v) is 4.20. The lowest BCUT2D eigenvalue weighted by Gasteiger charge is -2.07. The van der Waals surface area contributed by atoms with E-state index in [9.17, 15) is 0 Å². The van der Waals surface area contributed by atoms with Crippen LogP contribution in [-0.2, 0) is 0 Å². The number of thioether (sulfide) groups is 1. The van der Waals surface area contributed by atoms with E-state index in [1.54, 1.807) is 0 Å². The minimum absolute atomic E-state index is 0.435. The first kappa shape index (κ1) is 6.34. The number of rotatable bonds is 0. The first-order valence-corrected chi connectivity index (χ1v) is 4.53. The van der Waals surface area contributed by atoms with Crippen LogP contribution in [0.15, 0.2) is 4.99 Å². The van der Waals surface area contributed by atoms with Crippen LogP contribution in [0.1, 0.15) is 6.92 Å². The fraction of sp³-hybridized carbons (Fsp3) is 0.833. The van der Waals surface area contributed by atoms with E-state index in [0.717, 1.165) is 5.75 Å². The van der Waals surface area contributed by atoms with Crippen LogP contribution in [0.2, 0.25) is 0 Å². The Morgan fingerprint density at radius 1 is 1.80 bits per heavy atom. The number of nitrogens with zero attached hydrogens (tertiary/aromatic N) is 1. The van der Waals surface area contributed by atoms with Crippen molar-refractivity contribution in [2.24, 2.45) is 10.7 Å². The molecule has 0 amide bonds. The van der Waals surface area contributed by atoms with Gasteiger partial charge in [0.05, 0.1) is 12.1 Å². The Morgan fingerprint density at radius 3 is 3.30 bits per heavy atom. The number of nitrogens with two attached hydrogens (primary N) is 1. The molecule has 0 aromatic heterocycles. The van der Waals surface area contributed by atoms with Crippen LogP contribution in [0.3, 0.4) is 0 Å². The van der Waals surface area contributed by atoms with Gasteiger partial charge >= 0.3 is 0 Å². The molecular weight excluding hydrogens is 146 g/mol. The predicted molar refractivity (Wildman–Crippen MR) is 44.3 cm³/mol. The van der Waals surface area contributed by atoms with Gasteiger partial charge in [-0.05, 0) is 0 Å². The van der Waals surface area contributed by atoms with Crippen molar-refractivity contribution in [3.63, 3.8) is 0 Å². The summed E-state index contributed by atoms with van der Waals surface area (Å²) in [5.41, 5.74) is 5.52. The van der Waals surface area contributed by atoms with Gasteiger partial charge in [-0.1, -0.05) is 6.92 Å². The summed E-state index contributed by atoms with van der Waals surface area (Å²) in [6.07, 6.45) is 0. The van der Waals surface area contributed by atoms with Crippen molar-refractivity contribution in [3.8, 4) is 0 Å². The number of hydrogen-bond donors (Lipinski definition) is 2. The first-order valence-electron chi connectivity index (χ1n) is 3.49. The molecule has 1 fully saturated rings. The van der Waals surface area contributed by atoms with E-state index < -0.39 is 0 Å². The maximum absolute atomic E-state index is 5.52. The molecule has 10 heavy (non-hydrogen) atoms. The Balaban J connectivity index is 2.16. The van der Waals surface area contributed by atoms with Gasteiger partial charge in [-0.3, -0.25) is 0 Å². The second-order valence-electron chi connectivity index (χ2n) is 2.79. The third-order valence-corrected chi connectivity index (χ3v) is 3.41. The topological polar surface area (TPSA) is 50.4 Å². The summed E-state index contributed by atoms with van der Waals surface area (Å²) in [6, 6.07) is 0.949. The van der Waals surface area contributed by atoms with E-state index in [1.165, 1.54) is 0 Å². The van der Waals surface area contributed by atoms with E-state index in [2.05, 4.69) is 17.2 Å². The zero-order valence-corrected chi connectivity index (χ0v) is 6.69. The van der Waals surface area contributed by atoms with E-state index in [-0.39, 0.29) is 0 Å². The quantitative estimate of drug-likeness (QED) is 0.511. The maximum atomic E-state index is 5.52. The van der Waals surface area contributed by atoms with Crippen LogP contribution in [0.5, 0.6) is 0 Å². The lowest BCUT2D eigenvalue weighted by Crippen LogP contribution is -2.37. The SMILES string of the molecule is C[C@@H]1SCC2NC(N)=NC21. The lowest BCUT2D eigenvalue weighted by atomic mass is 10.1. The molecule has 3 atom stereocenters. The molecule has 0 radical (unpaired) electrons. The fourth-order valence-electron chi connectivity index (χ4n) is 1.49. The van der Waals surface area contributed by atoms with Crippen LogP contribution < -0.4 is 11.1 Å². The minimum atomic E-state index is 0.435. The largest absolute Gasteiger partial charge is 0.370 e. The molecular formula is C6H11N3S. The highest BCUT2D eigenvalue weighted by atomic mass is 32.2. The molecule has 4 heteroatoms. The molecule has 2 heterocycles. The molecule has 0 bridgehead atoms. The van der Waals surface area contributed by atoms with E-state index in [0.29, 0.717) is 23.3 Å². The number of hydrogen-bond acceptors (Lipinski definition) is 4. The summed E-state index contributed by atoms with van der Waals surface area (Å²) in [4.78, 5) is 4.29. The van der Waals surface area contributed by atoms with Crippen molar-refractivity contribution in [1.29, 1.82) is 0 Å². The smallest absolute Gasteiger partial charge is 0.189 e. The highest BCUT2D eigenvalue weighted by Gasteiger charge is 2.37. The minimum Gasteiger partial charge on any atom is -0.370 e. The molecule has 0 aliphatic carbocycles. The molecule has 0 saturated carbocycles. The molecule has 3 N–H and O–H groups in total. The van der Waals surface area contributed by atoms with E-state index >= 15 is 0 Å². The zero-order chi connectivity index (χ0) is 7.14. The molecule has 2 aliphatic rings. The standard InChI is InChI=1S/C6H11N3S/c1-3-5-4(2-10-3)8-6(7)9-5/h3-5H,2H2,1H3,(H3,7,8,9)/t3-,4?,5?/m0/s1. The number of aliphatic imine (C=N–C) groups is 1. The molecule has 2 rings (SSSR count). The fourth-order valence-corrected chi connectivity index (χ4v) is 2.73. The van der Waals surface area contributed by atoms with Gasteiger partial charge in [0.15, 0.2) is 5.96 Å². The monoisotopic (exact) mass is 157 g/mol. The summed E-state index contributed by atoms with van der Waals surface area (Å²) < 4.78 is 0. The van der Waals surface area contributed by atoms with Crippen molar-refractivity contribution in [1.82, 2.24) is 5.32 Å². The van der Waals surface area contributed by atoms with Gasteiger partial charge in [0, 0.05) is 11.0 Å². The summed E-state index contributed by atoms with van der Waals surface area (Å²) in [6.45, 7) is 2.21. The third kappa shape index (κ3) is 0.785. The van der Waals surface area contributed by atoms with Crippen LogP contribution in [-0.4, -0.2) is 29.0 Å². The highest BCUT2D eigenvalue weighted by molar-refractivity contribution is 8.00. The number of nitrogens with one attached hydrogen (secondary N) is 1. The van der Waals surface area contributed by atoms with Gasteiger partial charge in [0.25, 0.3) is 0 Å². The van der Waals surface area contributed by atoms with Crippen molar-refractivity contribution >= 4 is 17.7 Å². The molecule has 0 aromatic carbocycles. The highest BCUT2D eigenvalue weighted by Crippen LogP contribution is 2.31. The summed E-state index contributed by atoms with van der Waals surface area (Å²) in [5.74, 6) is 1.78. The molecule has 56 valence electrons. The molecule has 0 aromatic rings. The Hall–Kier alpha value is -0.380. The molecule has 2 unspecified atom stereocenters. The Kier molecular flexibility index (Phi) is 1.30. The molecule has 1 saturated heterocycles. The van der Waals surface area contributed by atoms with E-state index in [4.69, 9.17) is 5.73 Å². The van der Waals surface area contributed by atoms with Crippen LogP contribution >= 0.6 is 11.8 Å². The Labute approximate surface area is 64.5 Å². The van der Waals surface area contributed by atoms with Crippen molar-refractivity contribution < 1.29 is 0 Å². The van der Waals surface area contributed by atoms with E-state index in [1.807, 2.05) is 11.8 Å². The Bertz CT molecular complexity index is 180. The van der Waals surface area contributed by atoms with Gasteiger partial charge in [0.2, 0.25) is 0 Å². The molecule has 3 nitrogen and oxygen atoms in total. The summed E-state index contributed by atoms with van der Waals surface area (Å²) in [5, 5.41) is 3.79. The first-order chi connectivity index (χ1) is 4.77. The second kappa shape index (κ2) is 2.05. The number of guanidine groups is 1. The van der Waals surface area contributed by atoms with Gasteiger partial charge < -0.3 is 11.1 Å². The summed E-state index contributed by atoms with van der Waals surface area (Å²) in [7, 11) is 0. The van der Waals surface area contributed by atoms with Crippen LogP contribution in [0, 0.1) is 0 Å². The van der Waals surface area contributed by atoms with Gasteiger partial charge in [-0.15, -0.1) is 0 Å². The van der Waals surface area contributed by atoms with Gasteiger partial charge in [-0.25, -0.2) is 4.99 Å². The molecule has 0 spiro atoms. The zero-order valence-electron chi connectivity index (χ0n) is 5.87. The van der Waals surface area contributed by atoms with Gasteiger partial charge in [0.1, 0.15) is 0 Å². The lowest BCUT2D eigenvalue weighted by molar-refractivity contribution is 0.591. The average molecular weight is 157 g/mol. The van der Waals surface area contributed by atoms with Gasteiger partial charge in [-0.2, -0.15) is 11.8 Å². The predicted octanol–water partition coefficient (Wildman–Crippen LogP) is -0.223. The van der Waals surface area contributed by atoms with Crippen molar-refractivity contribution in [2.75, 3.05) is 5.75 Å². The maximum Gasteiger partial charge on any atom is 0.189 e. The average Bonchev–Trinajstić information content (AvgIpc) is 2.35. The van der Waals surface area contributed by atoms with Crippen molar-refractivity contribution in [2.45, 2.75) is 24.3 Å². The van der Waals surface area contributed by atoms with Crippen molar-refractivity contribution in [3.05, 3.63) is 0 Å². The Morgan fingerprint density at radius 2 is 2.60 bits per heavy atom. The third-order valence-electron chi connectivity index (χ3n) is 2.05. The van der Waals surface area contributed by atoms with Crippen LogP contribution in [0.4, 0.5) is 0 Å². The van der Waals surface area contributed by atoms with Crippen LogP contribution in [0.25, 0.3) is 0 Å². The summed E-state index contributed by atoms with van der Waals surface area (Å²) >= 11 is 1.97. The molecule has 2 aliphatic heterocycles.